The molecule has 0 spiro atoms. The number of hydrogen-bond donors (Lipinski definition) is 1. The summed E-state index contributed by atoms with van der Waals surface area (Å²) in [6, 6.07) is 4.93. The fourth-order valence-corrected chi connectivity index (χ4v) is 5.15. The average Bonchev–Trinajstić information content (AvgIpc) is 3.19. The molecule has 1 aliphatic heterocycles. The van der Waals surface area contributed by atoms with Gasteiger partial charge in [-0.3, -0.25) is 9.58 Å². The molecule has 0 aromatic carbocycles. The van der Waals surface area contributed by atoms with E-state index in [0.717, 1.165) is 18.4 Å². The number of halogens is 1. The van der Waals surface area contributed by atoms with E-state index in [2.05, 4.69) is 28.3 Å². The number of nitrogens with zero attached hydrogens (tertiary/aromatic N) is 3. The number of aromatic nitrogens is 2. The van der Waals surface area contributed by atoms with E-state index in [4.69, 9.17) is 5.73 Å². The van der Waals surface area contributed by atoms with Crippen LogP contribution in [0, 0.1) is 11.8 Å². The Morgan fingerprint density at radius 1 is 1.30 bits per heavy atom. The van der Waals surface area contributed by atoms with Gasteiger partial charge in [0.15, 0.2) is 0 Å². The number of hydrogen-bond acceptors (Lipinski definition) is 4. The molecule has 1 saturated carbocycles. The molecule has 0 bridgehead atoms. The van der Waals surface area contributed by atoms with Crippen LogP contribution in [0.4, 0.5) is 0 Å². The van der Waals surface area contributed by atoms with Crippen LogP contribution < -0.4 is 5.73 Å². The summed E-state index contributed by atoms with van der Waals surface area (Å²) in [7, 11) is 1.97. The first-order chi connectivity index (χ1) is 10.7. The van der Waals surface area contributed by atoms with Gasteiger partial charge in [0.25, 0.3) is 0 Å². The first kappa shape index (κ1) is 17.0. The van der Waals surface area contributed by atoms with Gasteiger partial charge in [0.05, 0.1) is 6.20 Å². The molecule has 6 heteroatoms. The van der Waals surface area contributed by atoms with Crippen molar-refractivity contribution in [3.05, 3.63) is 29.4 Å². The van der Waals surface area contributed by atoms with E-state index < -0.39 is 0 Å². The lowest BCUT2D eigenvalue weighted by Crippen LogP contribution is -2.38. The van der Waals surface area contributed by atoms with Gasteiger partial charge in [-0.2, -0.15) is 5.10 Å². The predicted molar refractivity (Wildman–Crippen MR) is 97.9 cm³/mol. The summed E-state index contributed by atoms with van der Waals surface area (Å²) in [5.74, 6) is 1.56. The molecule has 3 heterocycles. The number of likely N-dealkylation sites (tertiary alicyclic amines) is 1. The fourth-order valence-electron chi connectivity index (χ4n) is 4.12. The summed E-state index contributed by atoms with van der Waals surface area (Å²) in [6.07, 6.45) is 7.94. The average molecular weight is 353 g/mol. The number of thiophene rings is 1. The fraction of sp³-hybridized carbons (Fsp3) is 0.588. The van der Waals surface area contributed by atoms with E-state index in [9.17, 15) is 0 Å². The summed E-state index contributed by atoms with van der Waals surface area (Å²) in [4.78, 5) is 5.38. The van der Waals surface area contributed by atoms with E-state index in [1.807, 2.05) is 29.3 Å². The summed E-state index contributed by atoms with van der Waals surface area (Å²) < 4.78 is 1.86. The Kier molecular flexibility index (Phi) is 5.11. The van der Waals surface area contributed by atoms with Crippen LogP contribution in [0.15, 0.2) is 24.5 Å². The number of fused-ring (bicyclic) bond motifs is 1. The quantitative estimate of drug-likeness (QED) is 0.923. The zero-order valence-corrected chi connectivity index (χ0v) is 15.2. The maximum Gasteiger partial charge on any atom is 0.0576 e. The van der Waals surface area contributed by atoms with Gasteiger partial charge in [-0.1, -0.05) is 6.42 Å². The van der Waals surface area contributed by atoms with Crippen molar-refractivity contribution in [1.29, 1.82) is 0 Å². The van der Waals surface area contributed by atoms with Crippen LogP contribution in [0.3, 0.4) is 0 Å². The van der Waals surface area contributed by atoms with Gasteiger partial charge in [0, 0.05) is 54.2 Å². The minimum Gasteiger partial charge on any atom is -0.327 e. The van der Waals surface area contributed by atoms with Crippen molar-refractivity contribution in [1.82, 2.24) is 14.7 Å². The van der Waals surface area contributed by atoms with Crippen molar-refractivity contribution >= 4 is 23.7 Å². The molecular formula is C17H25ClN4S. The van der Waals surface area contributed by atoms with Gasteiger partial charge < -0.3 is 5.73 Å². The molecule has 2 N–H and O–H groups in total. The van der Waals surface area contributed by atoms with Crippen LogP contribution in [0.25, 0.3) is 10.4 Å². The molecule has 0 amide bonds. The second-order valence-electron chi connectivity index (χ2n) is 6.88. The van der Waals surface area contributed by atoms with E-state index in [-0.39, 0.29) is 12.4 Å². The first-order valence-electron chi connectivity index (χ1n) is 8.25. The van der Waals surface area contributed by atoms with Crippen LogP contribution in [0.1, 0.15) is 24.1 Å². The van der Waals surface area contributed by atoms with Gasteiger partial charge >= 0.3 is 0 Å². The topological polar surface area (TPSA) is 47.1 Å². The van der Waals surface area contributed by atoms with Crippen molar-refractivity contribution in [2.45, 2.75) is 31.8 Å². The van der Waals surface area contributed by atoms with Gasteiger partial charge in [-0.05, 0) is 36.8 Å². The Morgan fingerprint density at radius 3 is 2.91 bits per heavy atom. The molecule has 2 aromatic rings. The van der Waals surface area contributed by atoms with Gasteiger partial charge in [-0.25, -0.2) is 0 Å². The number of aryl methyl sites for hydroxylation is 1. The Balaban J connectivity index is 0.00000156. The zero-order valence-electron chi connectivity index (χ0n) is 13.5. The molecule has 4 nitrogen and oxygen atoms in total. The highest BCUT2D eigenvalue weighted by Gasteiger charge is 2.38. The van der Waals surface area contributed by atoms with Crippen LogP contribution >= 0.6 is 23.7 Å². The van der Waals surface area contributed by atoms with E-state index in [1.54, 1.807) is 0 Å². The minimum absolute atomic E-state index is 0. The smallest absolute Gasteiger partial charge is 0.0576 e. The number of rotatable bonds is 3. The molecule has 126 valence electrons. The molecule has 2 aliphatic rings. The molecule has 1 aliphatic carbocycles. The maximum atomic E-state index is 6.32. The van der Waals surface area contributed by atoms with E-state index >= 15 is 0 Å². The molecule has 23 heavy (non-hydrogen) atoms. The second kappa shape index (κ2) is 6.93. The van der Waals surface area contributed by atoms with E-state index in [1.165, 1.54) is 47.7 Å². The molecule has 3 unspecified atom stereocenters. The Bertz CT molecular complexity index is 653. The third-order valence-corrected chi connectivity index (χ3v) is 6.38. The lowest BCUT2D eigenvalue weighted by molar-refractivity contribution is 0.259. The van der Waals surface area contributed by atoms with Gasteiger partial charge in [0.1, 0.15) is 0 Å². The molecule has 0 radical (unpaired) electrons. The molecule has 3 atom stereocenters. The van der Waals surface area contributed by atoms with Gasteiger partial charge in [0.2, 0.25) is 0 Å². The largest absolute Gasteiger partial charge is 0.327 e. The molecule has 1 saturated heterocycles. The maximum absolute atomic E-state index is 6.32. The van der Waals surface area contributed by atoms with Crippen LogP contribution in [-0.2, 0) is 13.6 Å². The Labute approximate surface area is 148 Å². The van der Waals surface area contributed by atoms with Crippen molar-refractivity contribution in [2.24, 2.45) is 24.6 Å². The lowest BCUT2D eigenvalue weighted by atomic mass is 9.78. The normalized spacial score (nSPS) is 27.7. The van der Waals surface area contributed by atoms with Crippen molar-refractivity contribution in [3.63, 3.8) is 0 Å². The van der Waals surface area contributed by atoms with Crippen LogP contribution in [0.5, 0.6) is 0 Å². The van der Waals surface area contributed by atoms with Crippen molar-refractivity contribution in [3.8, 4) is 10.4 Å². The third kappa shape index (κ3) is 3.48. The zero-order chi connectivity index (χ0) is 15.1. The number of nitrogens with two attached hydrogens (primary N) is 1. The summed E-state index contributed by atoms with van der Waals surface area (Å²) in [5.41, 5.74) is 7.54. The third-order valence-electron chi connectivity index (χ3n) is 5.26. The minimum atomic E-state index is 0. The molecular weight excluding hydrogens is 328 g/mol. The summed E-state index contributed by atoms with van der Waals surface area (Å²) >= 11 is 1.89. The lowest BCUT2D eigenvalue weighted by Gasteiger charge is -2.29. The second-order valence-corrected chi connectivity index (χ2v) is 8.05. The highest BCUT2D eigenvalue weighted by Crippen LogP contribution is 2.37. The Morgan fingerprint density at radius 2 is 2.17 bits per heavy atom. The molecule has 2 aromatic heterocycles. The van der Waals surface area contributed by atoms with Crippen molar-refractivity contribution in [2.75, 3.05) is 13.1 Å². The first-order valence-corrected chi connectivity index (χ1v) is 9.06. The standard InChI is InChI=1S/C17H24N4S.ClH/c1-20-8-13(7-19-20)17-6-5-14(22-17)10-21-9-12-3-2-4-16(18)15(12)11-21;/h5-8,12,15-16H,2-4,9-11,18H2,1H3;1H. The monoisotopic (exact) mass is 352 g/mol. The molecule has 2 fully saturated rings. The van der Waals surface area contributed by atoms with Crippen LogP contribution in [0.2, 0.25) is 0 Å². The highest BCUT2D eigenvalue weighted by molar-refractivity contribution is 7.15. The van der Waals surface area contributed by atoms with Gasteiger partial charge in [-0.15, -0.1) is 23.7 Å². The Hall–Kier alpha value is -0.880. The molecule has 4 rings (SSSR count). The van der Waals surface area contributed by atoms with Crippen LogP contribution in [-0.4, -0.2) is 33.8 Å². The SMILES string of the molecule is Cl.Cn1cc(-c2ccc(CN3CC4CCCC(N)C4C3)s2)cn1. The summed E-state index contributed by atoms with van der Waals surface area (Å²) in [5, 5.41) is 4.26. The predicted octanol–water partition coefficient (Wildman–Crippen LogP) is 3.13. The highest BCUT2D eigenvalue weighted by atomic mass is 35.5. The van der Waals surface area contributed by atoms with E-state index in [0.29, 0.717) is 6.04 Å². The summed E-state index contributed by atoms with van der Waals surface area (Å²) in [6.45, 7) is 3.50. The van der Waals surface area contributed by atoms with Crippen molar-refractivity contribution < 1.29 is 0 Å².